The molecule has 1 aromatic carbocycles. The summed E-state index contributed by atoms with van der Waals surface area (Å²) in [6.07, 6.45) is 4.02. The summed E-state index contributed by atoms with van der Waals surface area (Å²) in [5.41, 5.74) is -1.15. The van der Waals surface area contributed by atoms with Crippen LogP contribution in [0.25, 0.3) is 0 Å². The number of unbranched alkanes of at least 4 members (excludes halogenated alkanes) is 3. The molecule has 0 fully saturated rings. The first-order chi connectivity index (χ1) is 12.0. The van der Waals surface area contributed by atoms with Gasteiger partial charge in [-0.05, 0) is 18.4 Å². The van der Waals surface area contributed by atoms with Crippen LogP contribution in [-0.4, -0.2) is 35.4 Å². The van der Waals surface area contributed by atoms with Crippen molar-refractivity contribution in [1.29, 1.82) is 0 Å². The highest BCUT2D eigenvalue weighted by atomic mass is 16.6. The van der Waals surface area contributed by atoms with E-state index in [2.05, 4.69) is 6.92 Å². The molecule has 0 heterocycles. The zero-order valence-electron chi connectivity index (χ0n) is 15.0. The molecule has 1 N–H and O–H groups in total. The van der Waals surface area contributed by atoms with Crippen molar-refractivity contribution in [2.75, 3.05) is 0 Å². The van der Waals surface area contributed by atoms with E-state index in [-0.39, 0.29) is 6.42 Å². The number of carbonyl (C=O) groups excluding carboxylic acids is 3. The van der Waals surface area contributed by atoms with Crippen molar-refractivity contribution in [3.8, 4) is 0 Å². The van der Waals surface area contributed by atoms with Crippen molar-refractivity contribution in [3.05, 3.63) is 35.9 Å². The molecule has 0 aliphatic rings. The fraction of sp³-hybridized carbons (Fsp3) is 0.550. The van der Waals surface area contributed by atoms with Gasteiger partial charge in [0.05, 0.1) is 0 Å². The monoisotopic (exact) mass is 348 g/mol. The van der Waals surface area contributed by atoms with E-state index < -0.39 is 23.6 Å². The number of esters is 1. The molecule has 0 saturated carbocycles. The van der Waals surface area contributed by atoms with E-state index in [0.717, 1.165) is 31.2 Å². The molecule has 0 radical (unpaired) electrons. The van der Waals surface area contributed by atoms with Gasteiger partial charge in [-0.2, -0.15) is 0 Å². The van der Waals surface area contributed by atoms with E-state index in [1.165, 1.54) is 0 Å². The molecule has 0 amide bonds. The highest BCUT2D eigenvalue weighted by Gasteiger charge is 2.44. The molecule has 0 aliphatic carbocycles. The number of aliphatic hydroxyl groups excluding tert-OH is 1. The first kappa shape index (κ1) is 21.0. The van der Waals surface area contributed by atoms with Crippen LogP contribution in [0.2, 0.25) is 0 Å². The van der Waals surface area contributed by atoms with Crippen LogP contribution in [0, 0.1) is 0 Å². The average Bonchev–Trinajstić information content (AvgIpc) is 2.66. The third-order valence-corrected chi connectivity index (χ3v) is 4.40. The molecular formula is C20H28O5. The minimum Gasteiger partial charge on any atom is -0.441 e. The van der Waals surface area contributed by atoms with Crippen LogP contribution in [0.3, 0.4) is 0 Å². The molecule has 0 aromatic heterocycles. The third kappa shape index (κ3) is 5.78. The Hall–Kier alpha value is -2.01. The fourth-order valence-corrected chi connectivity index (χ4v) is 2.83. The Morgan fingerprint density at radius 3 is 2.28 bits per heavy atom. The van der Waals surface area contributed by atoms with E-state index >= 15 is 0 Å². The maximum Gasteiger partial charge on any atom is 0.336 e. The van der Waals surface area contributed by atoms with E-state index in [1.54, 1.807) is 6.92 Å². The molecule has 0 saturated heterocycles. The predicted molar refractivity (Wildman–Crippen MR) is 95.2 cm³/mol. The first-order valence-corrected chi connectivity index (χ1v) is 8.93. The van der Waals surface area contributed by atoms with Gasteiger partial charge in [0.25, 0.3) is 0 Å². The van der Waals surface area contributed by atoms with E-state index in [4.69, 9.17) is 4.74 Å². The Kier molecular flexibility index (Phi) is 9.06. The number of aldehydes is 2. The number of carbonyl (C=O) groups is 3. The number of hydrogen-bond donors (Lipinski definition) is 1. The Labute approximate surface area is 149 Å². The number of hydrogen-bond acceptors (Lipinski definition) is 5. The van der Waals surface area contributed by atoms with Crippen LogP contribution in [0.4, 0.5) is 0 Å². The lowest BCUT2D eigenvalue weighted by molar-refractivity contribution is -0.175. The van der Waals surface area contributed by atoms with E-state index in [9.17, 15) is 19.5 Å². The second-order valence-corrected chi connectivity index (χ2v) is 6.25. The van der Waals surface area contributed by atoms with Crippen molar-refractivity contribution in [2.24, 2.45) is 0 Å². The average molecular weight is 348 g/mol. The summed E-state index contributed by atoms with van der Waals surface area (Å²) in [5, 5.41) is 9.67. The van der Waals surface area contributed by atoms with Crippen molar-refractivity contribution < 1.29 is 24.2 Å². The van der Waals surface area contributed by atoms with E-state index in [0.29, 0.717) is 19.0 Å². The predicted octanol–water partition coefficient (Wildman–Crippen LogP) is 3.19. The highest BCUT2D eigenvalue weighted by Crippen LogP contribution is 2.34. The largest absolute Gasteiger partial charge is 0.441 e. The first-order valence-electron chi connectivity index (χ1n) is 8.93. The van der Waals surface area contributed by atoms with Gasteiger partial charge >= 0.3 is 5.97 Å². The second kappa shape index (κ2) is 10.8. The van der Waals surface area contributed by atoms with Crippen LogP contribution in [-0.2, 0) is 19.1 Å². The van der Waals surface area contributed by atoms with Gasteiger partial charge in [0, 0.05) is 5.92 Å². The summed E-state index contributed by atoms with van der Waals surface area (Å²) in [6, 6.07) is 9.11. The number of ether oxygens (including phenoxy) is 1. The lowest BCUT2D eigenvalue weighted by Crippen LogP contribution is -2.46. The molecule has 25 heavy (non-hydrogen) atoms. The van der Waals surface area contributed by atoms with Crippen LogP contribution in [0.5, 0.6) is 0 Å². The summed E-state index contributed by atoms with van der Waals surface area (Å²) in [4.78, 5) is 35.7. The topological polar surface area (TPSA) is 80.7 Å². The van der Waals surface area contributed by atoms with Gasteiger partial charge in [0.1, 0.15) is 0 Å². The minimum atomic E-state index is -1.92. The van der Waals surface area contributed by atoms with Gasteiger partial charge < -0.3 is 9.84 Å². The van der Waals surface area contributed by atoms with Gasteiger partial charge in [-0.3, -0.25) is 9.59 Å². The Morgan fingerprint density at radius 1 is 1.12 bits per heavy atom. The van der Waals surface area contributed by atoms with Crippen LogP contribution in [0.1, 0.15) is 63.9 Å². The lowest BCUT2D eigenvalue weighted by atomic mass is 9.80. The Balaban J connectivity index is 3.13. The Morgan fingerprint density at radius 2 is 1.76 bits per heavy atom. The van der Waals surface area contributed by atoms with Crippen molar-refractivity contribution in [1.82, 2.24) is 0 Å². The zero-order valence-corrected chi connectivity index (χ0v) is 15.0. The van der Waals surface area contributed by atoms with Crippen molar-refractivity contribution >= 4 is 18.5 Å². The van der Waals surface area contributed by atoms with Crippen LogP contribution in [0.15, 0.2) is 30.3 Å². The summed E-state index contributed by atoms with van der Waals surface area (Å²) < 4.78 is 5.24. The summed E-state index contributed by atoms with van der Waals surface area (Å²) >= 11 is 0. The van der Waals surface area contributed by atoms with Crippen LogP contribution < -0.4 is 0 Å². The molecule has 1 rings (SSSR count). The number of aliphatic hydroxyl groups is 1. The van der Waals surface area contributed by atoms with Crippen LogP contribution >= 0.6 is 0 Å². The van der Waals surface area contributed by atoms with Crippen molar-refractivity contribution in [2.45, 2.75) is 70.0 Å². The summed E-state index contributed by atoms with van der Waals surface area (Å²) in [5.74, 6) is -1.52. The highest BCUT2D eigenvalue weighted by molar-refractivity contribution is 5.93. The molecule has 1 aromatic rings. The quantitative estimate of drug-likeness (QED) is 0.271. The molecule has 0 spiro atoms. The third-order valence-electron chi connectivity index (χ3n) is 4.40. The second-order valence-electron chi connectivity index (χ2n) is 6.25. The molecule has 138 valence electrons. The maximum absolute atomic E-state index is 12.0. The van der Waals surface area contributed by atoms with Gasteiger partial charge in [0.15, 0.2) is 18.7 Å². The molecule has 0 aliphatic heterocycles. The maximum atomic E-state index is 12.0. The van der Waals surface area contributed by atoms with Gasteiger partial charge in [-0.15, -0.1) is 0 Å². The molecule has 2 unspecified atom stereocenters. The standard InChI is InChI=1S/C20H28O5/c1-3-5-6-10-13-17(16-11-8-7-9-12-16)20(14-21,15-22)25-19(24)18(23)4-2/h7-9,11-12,14-15,17-18,23H,3-6,10,13H2,1-2H3. The Bertz CT molecular complexity index is 532. The molecule has 5 heteroatoms. The molecule has 2 atom stereocenters. The van der Waals surface area contributed by atoms with Gasteiger partial charge in [-0.1, -0.05) is 69.9 Å². The SMILES string of the molecule is CCCCCCC(c1ccccc1)C(C=O)(C=O)OC(=O)C(O)CC. The van der Waals surface area contributed by atoms with E-state index in [1.807, 2.05) is 30.3 Å². The fourth-order valence-electron chi connectivity index (χ4n) is 2.83. The molecular weight excluding hydrogens is 320 g/mol. The zero-order chi connectivity index (χ0) is 18.7. The molecule has 5 nitrogen and oxygen atoms in total. The molecule has 0 bridgehead atoms. The number of benzene rings is 1. The number of rotatable bonds is 12. The summed E-state index contributed by atoms with van der Waals surface area (Å²) in [6.45, 7) is 3.72. The lowest BCUT2D eigenvalue weighted by Gasteiger charge is -2.32. The smallest absolute Gasteiger partial charge is 0.336 e. The van der Waals surface area contributed by atoms with Gasteiger partial charge in [-0.25, -0.2) is 4.79 Å². The van der Waals surface area contributed by atoms with Crippen molar-refractivity contribution in [3.63, 3.8) is 0 Å². The minimum absolute atomic E-state index is 0.152. The summed E-state index contributed by atoms with van der Waals surface area (Å²) in [7, 11) is 0. The van der Waals surface area contributed by atoms with Gasteiger partial charge in [0.2, 0.25) is 5.60 Å². The normalized spacial score (nSPS) is 13.7.